The number of anilines is 1. The Hall–Kier alpha value is -2.29. The van der Waals surface area contributed by atoms with Gasteiger partial charge in [-0.2, -0.15) is 8.42 Å². The number of primary amides is 1. The van der Waals surface area contributed by atoms with Crippen LogP contribution in [0.4, 0.5) is 10.5 Å². The second-order valence-electron chi connectivity index (χ2n) is 3.01. The van der Waals surface area contributed by atoms with Crippen LogP contribution in [0.1, 0.15) is 0 Å². The first-order valence-electron chi connectivity index (χ1n) is 4.34. The highest BCUT2D eigenvalue weighted by Crippen LogP contribution is 2.13. The van der Waals surface area contributed by atoms with Crippen LogP contribution in [0.25, 0.3) is 0 Å². The van der Waals surface area contributed by atoms with E-state index in [1.165, 1.54) is 24.3 Å². The highest BCUT2D eigenvalue weighted by molar-refractivity contribution is 7.90. The van der Waals surface area contributed by atoms with Gasteiger partial charge in [0.15, 0.2) is 0 Å². The predicted octanol–water partition coefficient (Wildman–Crippen LogP) is -1.06. The monoisotopic (exact) mass is 257 g/mol. The Kier molecular flexibility index (Phi) is 3.53. The van der Waals surface area contributed by atoms with Crippen LogP contribution in [0.5, 0.6) is 0 Å². The number of urea groups is 1. The van der Waals surface area contributed by atoms with Gasteiger partial charge in [-0.05, 0) is 24.3 Å². The van der Waals surface area contributed by atoms with Crippen molar-refractivity contribution >= 4 is 27.7 Å². The molecule has 0 radical (unpaired) electrons. The van der Waals surface area contributed by atoms with Gasteiger partial charge in [0, 0.05) is 5.69 Å². The summed E-state index contributed by atoms with van der Waals surface area (Å²) in [6, 6.07) is 4.34. The summed E-state index contributed by atoms with van der Waals surface area (Å²) >= 11 is 0. The van der Waals surface area contributed by atoms with Gasteiger partial charge in [0.05, 0.1) is 4.90 Å². The summed E-state index contributed by atoms with van der Waals surface area (Å²) in [6.45, 7) is 0. The lowest BCUT2D eigenvalue weighted by atomic mass is 10.3. The fraction of sp³-hybridized carbons (Fsp3) is 0. The first kappa shape index (κ1) is 12.8. The molecular weight excluding hydrogens is 246 g/mol. The van der Waals surface area contributed by atoms with Gasteiger partial charge in [-0.15, -0.1) is 4.40 Å². The molecule has 1 rings (SSSR count). The third-order valence-electron chi connectivity index (χ3n) is 1.65. The number of carbonyl (C=O) groups excluding carboxylic acids is 1. The average Bonchev–Trinajstić information content (AvgIpc) is 2.15. The van der Waals surface area contributed by atoms with Gasteiger partial charge in [0.1, 0.15) is 0 Å². The Bertz CT molecular complexity index is 549. The average molecular weight is 257 g/mol. The molecule has 1 aromatic carbocycles. The van der Waals surface area contributed by atoms with Gasteiger partial charge in [0.2, 0.25) is 5.96 Å². The zero-order chi connectivity index (χ0) is 13.1. The standard InChI is InChI=1S/C8H11N5O3S/c9-5-1-3-6(4-2-5)17(15,16)13-7(10)12-8(11)14/h1-4H,9H2,(H5,10,11,12,13,14). The normalized spacial score (nSPS) is 12.1. The molecule has 0 aliphatic carbocycles. The van der Waals surface area contributed by atoms with E-state index in [4.69, 9.17) is 17.2 Å². The molecule has 0 bridgehead atoms. The van der Waals surface area contributed by atoms with E-state index in [2.05, 4.69) is 4.40 Å². The highest BCUT2D eigenvalue weighted by atomic mass is 32.2. The number of rotatable bonds is 2. The van der Waals surface area contributed by atoms with Gasteiger partial charge < -0.3 is 17.2 Å². The van der Waals surface area contributed by atoms with Crippen molar-refractivity contribution < 1.29 is 13.2 Å². The fourth-order valence-corrected chi connectivity index (χ4v) is 1.86. The van der Waals surface area contributed by atoms with Crippen LogP contribution in [0.3, 0.4) is 0 Å². The van der Waals surface area contributed by atoms with Crippen molar-refractivity contribution in [2.75, 3.05) is 5.73 Å². The molecule has 0 atom stereocenters. The fourth-order valence-electron chi connectivity index (χ4n) is 0.971. The molecule has 0 aromatic heterocycles. The molecule has 0 aliphatic rings. The summed E-state index contributed by atoms with van der Waals surface area (Å²) < 4.78 is 26.4. The molecule has 7 N–H and O–H groups in total. The Balaban J connectivity index is 3.04. The number of sulfonamides is 1. The summed E-state index contributed by atoms with van der Waals surface area (Å²) in [7, 11) is -3.98. The largest absolute Gasteiger partial charge is 0.399 e. The Morgan fingerprint density at radius 3 is 2.18 bits per heavy atom. The maximum Gasteiger partial charge on any atom is 0.318 e. The lowest BCUT2D eigenvalue weighted by Gasteiger charge is -2.02. The molecule has 1 aromatic rings. The Morgan fingerprint density at radius 1 is 1.18 bits per heavy atom. The van der Waals surface area contributed by atoms with Crippen molar-refractivity contribution in [3.05, 3.63) is 24.3 Å². The van der Waals surface area contributed by atoms with Crippen LogP contribution in [0, 0.1) is 0 Å². The molecular formula is C8H11N5O3S. The molecule has 8 nitrogen and oxygen atoms in total. The van der Waals surface area contributed by atoms with E-state index < -0.39 is 22.0 Å². The number of carbonyl (C=O) groups is 1. The van der Waals surface area contributed by atoms with E-state index >= 15 is 0 Å². The lowest BCUT2D eigenvalue weighted by Crippen LogP contribution is -2.40. The molecule has 2 amide bonds. The van der Waals surface area contributed by atoms with Gasteiger partial charge in [-0.25, -0.2) is 4.79 Å². The summed E-state index contributed by atoms with van der Waals surface area (Å²) in [5.41, 5.74) is 15.7. The number of nitrogens with one attached hydrogen (secondary N) is 1. The highest BCUT2D eigenvalue weighted by Gasteiger charge is 2.13. The van der Waals surface area contributed by atoms with E-state index in [0.717, 1.165) is 0 Å². The summed E-state index contributed by atoms with van der Waals surface area (Å²) in [5, 5.41) is 1.84. The molecule has 17 heavy (non-hydrogen) atoms. The number of nitrogen functional groups attached to an aromatic ring is 1. The Morgan fingerprint density at radius 2 is 1.71 bits per heavy atom. The third-order valence-corrected chi connectivity index (χ3v) is 2.95. The lowest BCUT2D eigenvalue weighted by molar-refractivity contribution is 0.253. The molecule has 0 saturated carbocycles. The maximum atomic E-state index is 11.6. The van der Waals surface area contributed by atoms with Crippen LogP contribution >= 0.6 is 0 Å². The minimum Gasteiger partial charge on any atom is -0.399 e. The number of hydrogen-bond acceptors (Lipinski definition) is 4. The van der Waals surface area contributed by atoms with E-state index in [1.807, 2.05) is 5.32 Å². The Labute approximate surface area is 97.5 Å². The predicted molar refractivity (Wildman–Crippen MR) is 62.4 cm³/mol. The number of amides is 2. The molecule has 0 saturated heterocycles. The van der Waals surface area contributed by atoms with E-state index in [1.54, 1.807) is 0 Å². The minimum absolute atomic E-state index is 0.0964. The molecule has 0 heterocycles. The number of hydrogen-bond donors (Lipinski definition) is 4. The van der Waals surface area contributed by atoms with Crippen molar-refractivity contribution in [2.45, 2.75) is 4.90 Å². The van der Waals surface area contributed by atoms with Crippen molar-refractivity contribution in [1.29, 1.82) is 0 Å². The molecule has 0 fully saturated rings. The number of guanidine groups is 1. The molecule has 9 heteroatoms. The zero-order valence-electron chi connectivity index (χ0n) is 8.62. The van der Waals surface area contributed by atoms with Gasteiger partial charge >= 0.3 is 6.03 Å². The van der Waals surface area contributed by atoms with Crippen molar-refractivity contribution in [1.82, 2.24) is 5.32 Å². The second-order valence-corrected chi connectivity index (χ2v) is 4.61. The summed E-state index contributed by atoms with van der Waals surface area (Å²) in [6.07, 6.45) is 0. The molecule has 92 valence electrons. The number of benzene rings is 1. The van der Waals surface area contributed by atoms with Crippen LogP contribution in [0.15, 0.2) is 33.6 Å². The number of nitrogens with two attached hydrogens (primary N) is 3. The SMILES string of the molecule is NC(=O)N/C(N)=N\S(=O)(=O)c1ccc(N)cc1. The second kappa shape index (κ2) is 4.70. The van der Waals surface area contributed by atoms with Crippen LogP contribution < -0.4 is 22.5 Å². The van der Waals surface area contributed by atoms with E-state index in [0.29, 0.717) is 5.69 Å². The molecule has 0 aliphatic heterocycles. The summed E-state index contributed by atoms with van der Waals surface area (Å²) in [4.78, 5) is 10.3. The number of nitrogens with zero attached hydrogens (tertiary/aromatic N) is 1. The topological polar surface area (TPSA) is 154 Å². The minimum atomic E-state index is -3.98. The van der Waals surface area contributed by atoms with Crippen LogP contribution in [-0.2, 0) is 10.0 Å². The van der Waals surface area contributed by atoms with E-state index in [9.17, 15) is 13.2 Å². The smallest absolute Gasteiger partial charge is 0.318 e. The molecule has 0 spiro atoms. The van der Waals surface area contributed by atoms with E-state index in [-0.39, 0.29) is 4.90 Å². The van der Waals surface area contributed by atoms with Gasteiger partial charge in [0.25, 0.3) is 10.0 Å². The first-order valence-corrected chi connectivity index (χ1v) is 5.78. The first-order chi connectivity index (χ1) is 7.81. The van der Waals surface area contributed by atoms with Crippen molar-refractivity contribution in [2.24, 2.45) is 15.9 Å². The maximum absolute atomic E-state index is 11.6. The van der Waals surface area contributed by atoms with Crippen molar-refractivity contribution in [3.63, 3.8) is 0 Å². The van der Waals surface area contributed by atoms with Crippen LogP contribution in [0.2, 0.25) is 0 Å². The quantitative estimate of drug-likeness (QED) is 0.302. The van der Waals surface area contributed by atoms with Crippen molar-refractivity contribution in [3.8, 4) is 0 Å². The third kappa shape index (κ3) is 3.65. The van der Waals surface area contributed by atoms with Crippen LogP contribution in [-0.4, -0.2) is 20.4 Å². The van der Waals surface area contributed by atoms with Gasteiger partial charge in [-0.3, -0.25) is 5.32 Å². The summed E-state index contributed by atoms with van der Waals surface area (Å²) in [5.74, 6) is -0.602. The van der Waals surface area contributed by atoms with Gasteiger partial charge in [-0.1, -0.05) is 0 Å². The zero-order valence-corrected chi connectivity index (χ0v) is 9.44. The molecule has 0 unspecified atom stereocenters.